The molecular formula is C10H12N3O. The Kier molecular flexibility index (Phi) is 2.04. The third-order valence-electron chi connectivity index (χ3n) is 2.34. The number of urea groups is 1. The molecule has 1 heterocycles. The smallest absolute Gasteiger partial charge is 0.320 e. The highest BCUT2D eigenvalue weighted by Crippen LogP contribution is 2.32. The number of anilines is 2. The molecule has 1 radical (unpaired) electrons. The molecule has 0 spiro atoms. The van der Waals surface area contributed by atoms with Crippen molar-refractivity contribution in [3.63, 3.8) is 0 Å². The molecule has 1 aliphatic rings. The Morgan fingerprint density at radius 2 is 2.43 bits per heavy atom. The van der Waals surface area contributed by atoms with Crippen LogP contribution in [0.25, 0.3) is 0 Å². The maximum atomic E-state index is 11.1. The minimum Gasteiger partial charge on any atom is -0.366 e. The van der Waals surface area contributed by atoms with E-state index in [1.165, 1.54) is 4.90 Å². The van der Waals surface area contributed by atoms with E-state index in [-0.39, 0.29) is 0 Å². The Morgan fingerprint density at radius 3 is 3.07 bits per heavy atom. The van der Waals surface area contributed by atoms with Crippen LogP contribution in [0.15, 0.2) is 18.2 Å². The van der Waals surface area contributed by atoms with E-state index >= 15 is 0 Å². The van der Waals surface area contributed by atoms with Crippen LogP contribution in [0.4, 0.5) is 16.2 Å². The fraction of sp³-hybridized carbons (Fsp3) is 0.200. The second-order valence-electron chi connectivity index (χ2n) is 3.17. The molecular weight excluding hydrogens is 178 g/mol. The summed E-state index contributed by atoms with van der Waals surface area (Å²) in [5, 5.41) is 3.09. The van der Waals surface area contributed by atoms with Crippen molar-refractivity contribution in [3.05, 3.63) is 30.2 Å². The van der Waals surface area contributed by atoms with Crippen LogP contribution < -0.4 is 16.0 Å². The topological polar surface area (TPSA) is 58.4 Å². The Bertz CT molecular complexity index is 376. The lowest BCUT2D eigenvalue weighted by atomic mass is 10.1. The minimum atomic E-state index is -0.426. The number of rotatable bonds is 1. The van der Waals surface area contributed by atoms with E-state index in [1.54, 1.807) is 0 Å². The fourth-order valence-corrected chi connectivity index (χ4v) is 1.55. The normalized spacial score (nSPS) is 13.6. The van der Waals surface area contributed by atoms with Crippen molar-refractivity contribution in [3.8, 4) is 0 Å². The summed E-state index contributed by atoms with van der Waals surface area (Å²) in [4.78, 5) is 12.6. The van der Waals surface area contributed by atoms with E-state index in [1.807, 2.05) is 31.5 Å². The quantitative estimate of drug-likeness (QED) is 0.705. The summed E-state index contributed by atoms with van der Waals surface area (Å²) in [5.41, 5.74) is 8.13. The number of hydrogen-bond donors (Lipinski definition) is 2. The predicted octanol–water partition coefficient (Wildman–Crippen LogP) is 1.53. The Labute approximate surface area is 82.7 Å². The van der Waals surface area contributed by atoms with Crippen LogP contribution in [-0.4, -0.2) is 12.7 Å². The van der Waals surface area contributed by atoms with Crippen LogP contribution in [0.2, 0.25) is 0 Å². The third-order valence-corrected chi connectivity index (χ3v) is 2.34. The van der Waals surface area contributed by atoms with Crippen molar-refractivity contribution < 1.29 is 4.79 Å². The van der Waals surface area contributed by atoms with Gasteiger partial charge in [0.1, 0.15) is 0 Å². The molecule has 0 fully saturated rings. The fourth-order valence-electron chi connectivity index (χ4n) is 1.55. The molecule has 14 heavy (non-hydrogen) atoms. The molecule has 0 bridgehead atoms. The van der Waals surface area contributed by atoms with E-state index in [4.69, 9.17) is 5.73 Å². The Balaban J connectivity index is 2.41. The maximum Gasteiger partial charge on any atom is 0.320 e. The minimum absolute atomic E-state index is 0.426. The van der Waals surface area contributed by atoms with Gasteiger partial charge >= 0.3 is 6.03 Å². The van der Waals surface area contributed by atoms with Gasteiger partial charge < -0.3 is 11.1 Å². The highest BCUT2D eigenvalue weighted by molar-refractivity contribution is 5.97. The van der Waals surface area contributed by atoms with Gasteiger partial charge in [0.25, 0.3) is 0 Å². The van der Waals surface area contributed by atoms with Gasteiger partial charge in [-0.15, -0.1) is 0 Å². The first kappa shape index (κ1) is 8.87. The van der Waals surface area contributed by atoms with Gasteiger partial charge in [-0.1, -0.05) is 13.0 Å². The molecule has 2 amide bonds. The molecule has 0 atom stereocenters. The van der Waals surface area contributed by atoms with Gasteiger partial charge in [0.15, 0.2) is 0 Å². The molecule has 1 aromatic carbocycles. The molecule has 0 aliphatic carbocycles. The zero-order chi connectivity index (χ0) is 10.1. The summed E-state index contributed by atoms with van der Waals surface area (Å²) in [7, 11) is 0. The van der Waals surface area contributed by atoms with E-state index in [9.17, 15) is 4.79 Å². The van der Waals surface area contributed by atoms with E-state index in [0.717, 1.165) is 16.9 Å². The molecule has 73 valence electrons. The number of nitrogens with two attached hydrogens (primary N) is 1. The first-order valence-corrected chi connectivity index (χ1v) is 4.46. The zero-order valence-corrected chi connectivity index (χ0v) is 7.95. The van der Waals surface area contributed by atoms with Gasteiger partial charge in [-0.05, 0) is 24.1 Å². The van der Waals surface area contributed by atoms with Crippen molar-refractivity contribution in [1.82, 2.24) is 0 Å². The Hall–Kier alpha value is -1.71. The number of fused-ring (bicyclic) bond motifs is 1. The number of amides is 2. The van der Waals surface area contributed by atoms with Crippen LogP contribution in [0.5, 0.6) is 0 Å². The molecule has 2 rings (SSSR count). The van der Waals surface area contributed by atoms with Crippen molar-refractivity contribution in [2.24, 2.45) is 5.73 Å². The summed E-state index contributed by atoms with van der Waals surface area (Å²) in [6, 6.07) is 5.47. The molecule has 0 unspecified atom stereocenters. The van der Waals surface area contributed by atoms with Gasteiger partial charge in [-0.2, -0.15) is 0 Å². The van der Waals surface area contributed by atoms with Gasteiger partial charge in [-0.3, -0.25) is 4.90 Å². The largest absolute Gasteiger partial charge is 0.366 e. The molecule has 1 aromatic rings. The van der Waals surface area contributed by atoms with Crippen LogP contribution in [-0.2, 0) is 0 Å². The van der Waals surface area contributed by atoms with Crippen molar-refractivity contribution in [2.75, 3.05) is 16.9 Å². The third kappa shape index (κ3) is 1.28. The number of nitrogens with one attached hydrogen (secondary N) is 1. The summed E-state index contributed by atoms with van der Waals surface area (Å²) >= 11 is 0. The van der Waals surface area contributed by atoms with Crippen molar-refractivity contribution in [1.29, 1.82) is 0 Å². The van der Waals surface area contributed by atoms with Gasteiger partial charge in [0.2, 0.25) is 0 Å². The van der Waals surface area contributed by atoms with E-state index in [2.05, 4.69) is 5.32 Å². The van der Waals surface area contributed by atoms with Gasteiger partial charge in [-0.25, -0.2) is 4.79 Å². The van der Waals surface area contributed by atoms with Crippen molar-refractivity contribution in [2.45, 2.75) is 6.92 Å². The molecule has 0 aromatic heterocycles. The molecule has 4 nitrogen and oxygen atoms in total. The predicted molar refractivity (Wildman–Crippen MR) is 56.1 cm³/mol. The summed E-state index contributed by atoms with van der Waals surface area (Å²) < 4.78 is 0. The Morgan fingerprint density at radius 1 is 1.64 bits per heavy atom. The highest BCUT2D eigenvalue weighted by Gasteiger charge is 2.22. The lowest BCUT2D eigenvalue weighted by Crippen LogP contribution is -2.35. The lowest BCUT2D eigenvalue weighted by molar-refractivity contribution is 0.254. The number of carbonyl (C=O) groups excluding carboxylic acids is 1. The second kappa shape index (κ2) is 3.21. The van der Waals surface area contributed by atoms with Crippen molar-refractivity contribution >= 4 is 17.4 Å². The SMILES string of the molecule is C[CH]c1ccc2c(c1)N(C(N)=O)CN2. The van der Waals surface area contributed by atoms with Crippen LogP contribution in [0, 0.1) is 6.42 Å². The second-order valence-corrected chi connectivity index (χ2v) is 3.17. The van der Waals surface area contributed by atoms with Gasteiger partial charge in [0.05, 0.1) is 18.0 Å². The number of benzene rings is 1. The summed E-state index contributed by atoms with van der Waals surface area (Å²) in [5.74, 6) is 0. The summed E-state index contributed by atoms with van der Waals surface area (Å²) in [6.45, 7) is 2.41. The lowest BCUT2D eigenvalue weighted by Gasteiger charge is -2.12. The first-order valence-electron chi connectivity index (χ1n) is 4.46. The number of primary amides is 1. The standard InChI is InChI=1S/C10H12N3O/c1-2-7-3-4-8-9(5-7)13(6-12-8)10(11)14/h2-5,12H,6H2,1H3,(H2,11,14). The first-order chi connectivity index (χ1) is 6.72. The summed E-state index contributed by atoms with van der Waals surface area (Å²) in [6.07, 6.45) is 1.98. The van der Waals surface area contributed by atoms with Crippen LogP contribution in [0.1, 0.15) is 12.5 Å². The van der Waals surface area contributed by atoms with Gasteiger partial charge in [0, 0.05) is 0 Å². The average Bonchev–Trinajstić information content (AvgIpc) is 2.59. The number of nitrogens with zero attached hydrogens (tertiary/aromatic N) is 1. The maximum absolute atomic E-state index is 11.1. The van der Waals surface area contributed by atoms with E-state index in [0.29, 0.717) is 6.67 Å². The highest BCUT2D eigenvalue weighted by atomic mass is 16.2. The van der Waals surface area contributed by atoms with Crippen LogP contribution in [0.3, 0.4) is 0 Å². The van der Waals surface area contributed by atoms with Crippen LogP contribution >= 0.6 is 0 Å². The molecule has 0 saturated carbocycles. The van der Waals surface area contributed by atoms with E-state index < -0.39 is 6.03 Å². The monoisotopic (exact) mass is 190 g/mol. The number of carbonyl (C=O) groups is 1. The molecule has 0 saturated heterocycles. The molecule has 1 aliphatic heterocycles. The molecule has 4 heteroatoms. The molecule has 3 N–H and O–H groups in total. The average molecular weight is 190 g/mol. The number of hydrogen-bond acceptors (Lipinski definition) is 2. The zero-order valence-electron chi connectivity index (χ0n) is 7.95.